The molecule has 2 rings (SSSR count). The van der Waals surface area contributed by atoms with Gasteiger partial charge in [0, 0.05) is 6.04 Å². The minimum absolute atomic E-state index is 0.0829. The lowest BCUT2D eigenvalue weighted by molar-refractivity contribution is -0.126. The molecule has 0 aromatic carbocycles. The third-order valence-corrected chi connectivity index (χ3v) is 3.47. The van der Waals surface area contributed by atoms with E-state index in [2.05, 4.69) is 5.32 Å². The van der Waals surface area contributed by atoms with Crippen LogP contribution in [0.5, 0.6) is 0 Å². The van der Waals surface area contributed by atoms with Gasteiger partial charge in [0.2, 0.25) is 11.7 Å². The average Bonchev–Trinajstić information content (AvgIpc) is 2.85. The Labute approximate surface area is 111 Å². The molecule has 0 radical (unpaired) electrons. The van der Waals surface area contributed by atoms with Gasteiger partial charge in [0.05, 0.1) is 12.5 Å². The number of nitrogens with one attached hydrogen (secondary N) is 1. The molecule has 0 saturated heterocycles. The van der Waals surface area contributed by atoms with Gasteiger partial charge in [0.15, 0.2) is 0 Å². The summed E-state index contributed by atoms with van der Waals surface area (Å²) in [6.07, 6.45) is 3.79. The molecular formula is C13H18N2O4. The number of carbonyl (C=O) groups is 2. The van der Waals surface area contributed by atoms with Gasteiger partial charge in [-0.05, 0) is 25.0 Å². The molecule has 19 heavy (non-hydrogen) atoms. The van der Waals surface area contributed by atoms with Crippen molar-refractivity contribution in [2.24, 2.45) is 11.7 Å². The number of carbonyl (C=O) groups excluding carboxylic acids is 1. The van der Waals surface area contributed by atoms with Crippen LogP contribution < -0.4 is 11.1 Å². The molecule has 6 nitrogen and oxygen atoms in total. The summed E-state index contributed by atoms with van der Waals surface area (Å²) in [5.41, 5.74) is 5.93. The highest BCUT2D eigenvalue weighted by Gasteiger charge is 2.28. The second kappa shape index (κ2) is 5.88. The smallest absolute Gasteiger partial charge is 0.371 e. The fourth-order valence-corrected chi connectivity index (χ4v) is 2.38. The maximum atomic E-state index is 12.0. The summed E-state index contributed by atoms with van der Waals surface area (Å²) in [4.78, 5) is 22.6. The summed E-state index contributed by atoms with van der Waals surface area (Å²) in [7, 11) is 0. The van der Waals surface area contributed by atoms with E-state index in [0.29, 0.717) is 5.76 Å². The zero-order valence-electron chi connectivity index (χ0n) is 10.6. The van der Waals surface area contributed by atoms with Crippen LogP contribution in [0.2, 0.25) is 0 Å². The Hall–Kier alpha value is -1.82. The molecular weight excluding hydrogens is 248 g/mol. The lowest BCUT2D eigenvalue weighted by Crippen LogP contribution is -2.43. The molecule has 2 atom stereocenters. The molecule has 1 saturated carbocycles. The van der Waals surface area contributed by atoms with Crippen molar-refractivity contribution in [3.8, 4) is 0 Å². The molecule has 1 heterocycles. The van der Waals surface area contributed by atoms with E-state index in [0.717, 1.165) is 25.7 Å². The van der Waals surface area contributed by atoms with Crippen molar-refractivity contribution in [2.75, 3.05) is 0 Å². The number of aromatic carboxylic acids is 1. The number of nitrogens with two attached hydrogens (primary N) is 1. The number of amides is 1. The second-order valence-electron chi connectivity index (χ2n) is 4.84. The molecule has 2 unspecified atom stereocenters. The molecule has 1 fully saturated rings. The van der Waals surface area contributed by atoms with Gasteiger partial charge in [-0.25, -0.2) is 4.79 Å². The Morgan fingerprint density at radius 3 is 2.74 bits per heavy atom. The van der Waals surface area contributed by atoms with Gasteiger partial charge in [0.1, 0.15) is 5.76 Å². The van der Waals surface area contributed by atoms with Gasteiger partial charge in [-0.1, -0.05) is 12.8 Å². The van der Waals surface area contributed by atoms with E-state index in [1.807, 2.05) is 0 Å². The van der Waals surface area contributed by atoms with Crippen LogP contribution in [0.4, 0.5) is 0 Å². The van der Waals surface area contributed by atoms with Gasteiger partial charge in [-0.2, -0.15) is 0 Å². The third-order valence-electron chi connectivity index (χ3n) is 3.47. The van der Waals surface area contributed by atoms with Crippen LogP contribution in [0.1, 0.15) is 42.0 Å². The second-order valence-corrected chi connectivity index (χ2v) is 4.84. The van der Waals surface area contributed by atoms with Crippen LogP contribution >= 0.6 is 0 Å². The highest BCUT2D eigenvalue weighted by atomic mass is 16.4. The lowest BCUT2D eigenvalue weighted by Gasteiger charge is -2.27. The SMILES string of the molecule is NC1CCCCC1C(=O)NCc1ccc(C(=O)O)o1. The molecule has 0 aliphatic heterocycles. The Kier molecular flexibility index (Phi) is 4.21. The van der Waals surface area contributed by atoms with Crippen molar-refractivity contribution < 1.29 is 19.1 Å². The zero-order chi connectivity index (χ0) is 13.8. The Balaban J connectivity index is 1.87. The Morgan fingerprint density at radius 2 is 2.11 bits per heavy atom. The van der Waals surface area contributed by atoms with E-state index in [1.54, 1.807) is 6.07 Å². The molecule has 4 N–H and O–H groups in total. The van der Waals surface area contributed by atoms with Gasteiger partial charge in [-0.15, -0.1) is 0 Å². The predicted molar refractivity (Wildman–Crippen MR) is 67.4 cm³/mol. The van der Waals surface area contributed by atoms with Gasteiger partial charge >= 0.3 is 5.97 Å². The summed E-state index contributed by atoms with van der Waals surface area (Å²) >= 11 is 0. The van der Waals surface area contributed by atoms with Crippen LogP contribution in [-0.2, 0) is 11.3 Å². The highest BCUT2D eigenvalue weighted by molar-refractivity contribution is 5.84. The van der Waals surface area contributed by atoms with Gasteiger partial charge in [-0.3, -0.25) is 4.79 Å². The predicted octanol–water partition coefficient (Wildman–Crippen LogP) is 1.11. The standard InChI is InChI=1S/C13H18N2O4/c14-10-4-2-1-3-9(10)12(16)15-7-8-5-6-11(19-8)13(17)18/h5-6,9-10H,1-4,7,14H2,(H,15,16)(H,17,18). The molecule has 0 bridgehead atoms. The maximum Gasteiger partial charge on any atom is 0.371 e. The van der Waals surface area contributed by atoms with Gasteiger partial charge in [0.25, 0.3) is 0 Å². The Bertz CT molecular complexity index is 469. The summed E-state index contributed by atoms with van der Waals surface area (Å²) in [6.45, 7) is 0.190. The quantitative estimate of drug-likeness (QED) is 0.757. The summed E-state index contributed by atoms with van der Waals surface area (Å²) in [5.74, 6) is -1.05. The first-order valence-electron chi connectivity index (χ1n) is 6.43. The number of hydrogen-bond donors (Lipinski definition) is 3. The maximum absolute atomic E-state index is 12.0. The van der Waals surface area contributed by atoms with E-state index in [9.17, 15) is 9.59 Å². The molecule has 1 amide bonds. The largest absolute Gasteiger partial charge is 0.475 e. The molecule has 1 aliphatic rings. The molecule has 0 spiro atoms. The number of carboxylic acid groups (broad SMARTS) is 1. The van der Waals surface area contributed by atoms with Crippen LogP contribution in [0.25, 0.3) is 0 Å². The van der Waals surface area contributed by atoms with Crippen LogP contribution in [0.15, 0.2) is 16.5 Å². The topological polar surface area (TPSA) is 106 Å². The van der Waals surface area contributed by atoms with Crippen molar-refractivity contribution >= 4 is 11.9 Å². The number of carboxylic acids is 1. The van der Waals surface area contributed by atoms with Crippen molar-refractivity contribution in [2.45, 2.75) is 38.3 Å². The molecule has 1 aliphatic carbocycles. The number of rotatable bonds is 4. The Morgan fingerprint density at radius 1 is 1.37 bits per heavy atom. The van der Waals surface area contributed by atoms with Crippen LogP contribution in [0, 0.1) is 5.92 Å². The first-order valence-corrected chi connectivity index (χ1v) is 6.43. The van der Waals surface area contributed by atoms with Crippen molar-refractivity contribution in [3.05, 3.63) is 23.7 Å². The first kappa shape index (κ1) is 13.6. The minimum atomic E-state index is -1.12. The van der Waals surface area contributed by atoms with E-state index in [-0.39, 0.29) is 30.2 Å². The normalized spacial score (nSPS) is 23.0. The highest BCUT2D eigenvalue weighted by Crippen LogP contribution is 2.23. The summed E-state index contributed by atoms with van der Waals surface area (Å²) in [6, 6.07) is 2.83. The number of hydrogen-bond acceptors (Lipinski definition) is 4. The fraction of sp³-hybridized carbons (Fsp3) is 0.538. The first-order chi connectivity index (χ1) is 9.08. The summed E-state index contributed by atoms with van der Waals surface area (Å²) < 4.78 is 5.06. The average molecular weight is 266 g/mol. The lowest BCUT2D eigenvalue weighted by atomic mass is 9.84. The minimum Gasteiger partial charge on any atom is -0.475 e. The van der Waals surface area contributed by atoms with Crippen LogP contribution in [0.3, 0.4) is 0 Å². The molecule has 1 aromatic rings. The van der Waals surface area contributed by atoms with E-state index >= 15 is 0 Å². The molecule has 6 heteroatoms. The fourth-order valence-electron chi connectivity index (χ4n) is 2.38. The summed E-state index contributed by atoms with van der Waals surface area (Å²) in [5, 5.41) is 11.5. The monoisotopic (exact) mass is 266 g/mol. The van der Waals surface area contributed by atoms with Crippen molar-refractivity contribution in [3.63, 3.8) is 0 Å². The van der Waals surface area contributed by atoms with Crippen molar-refractivity contribution in [1.82, 2.24) is 5.32 Å². The van der Waals surface area contributed by atoms with Gasteiger partial charge < -0.3 is 20.6 Å². The molecule has 1 aromatic heterocycles. The van der Waals surface area contributed by atoms with E-state index in [1.165, 1.54) is 6.07 Å². The van der Waals surface area contributed by atoms with E-state index in [4.69, 9.17) is 15.3 Å². The zero-order valence-corrected chi connectivity index (χ0v) is 10.6. The van der Waals surface area contributed by atoms with Crippen LogP contribution in [-0.4, -0.2) is 23.0 Å². The number of furan rings is 1. The van der Waals surface area contributed by atoms with Crippen molar-refractivity contribution in [1.29, 1.82) is 0 Å². The molecule has 104 valence electrons. The third kappa shape index (κ3) is 3.35. The van der Waals surface area contributed by atoms with E-state index < -0.39 is 5.97 Å².